The average molecular weight is 347 g/mol. The predicted octanol–water partition coefficient (Wildman–Crippen LogP) is 4.54. The lowest BCUT2D eigenvalue weighted by atomic mass is 10.1. The van der Waals surface area contributed by atoms with Crippen LogP contribution in [0.25, 0.3) is 16.7 Å². The van der Waals surface area contributed by atoms with Crippen molar-refractivity contribution in [1.29, 1.82) is 0 Å². The fraction of sp³-hybridized carbons (Fsp3) is 0.316. The second kappa shape index (κ2) is 6.88. The van der Waals surface area contributed by atoms with Crippen molar-refractivity contribution in [3.63, 3.8) is 0 Å². The number of pyridine rings is 1. The number of aryl methyl sites for hydroxylation is 1. The monoisotopic (exact) mass is 347 g/mol. The molecule has 3 aromatic rings. The number of para-hydroxylation sites is 1. The Morgan fingerprint density at radius 3 is 2.56 bits per heavy atom. The molecular formula is C19H20F3N3. The molecule has 0 fully saturated rings. The SMILES string of the molecule is CN(C)CCCc1cn(-c2ncccc2C(F)(F)F)c2ccccc12. The Hall–Kier alpha value is -2.34. The van der Waals surface area contributed by atoms with Crippen molar-refractivity contribution >= 4 is 10.9 Å². The van der Waals surface area contributed by atoms with Crippen LogP contribution in [0.15, 0.2) is 48.8 Å². The highest BCUT2D eigenvalue weighted by Gasteiger charge is 2.35. The summed E-state index contributed by atoms with van der Waals surface area (Å²) in [6.45, 7) is 0.927. The van der Waals surface area contributed by atoms with Crippen LogP contribution in [0.5, 0.6) is 0 Å². The van der Waals surface area contributed by atoms with E-state index in [1.807, 2.05) is 38.4 Å². The Kier molecular flexibility index (Phi) is 4.81. The summed E-state index contributed by atoms with van der Waals surface area (Å²) in [7, 11) is 4.01. The molecule has 0 radical (unpaired) electrons. The number of benzene rings is 1. The summed E-state index contributed by atoms with van der Waals surface area (Å²) < 4.78 is 41.7. The number of aromatic nitrogens is 2. The van der Waals surface area contributed by atoms with E-state index < -0.39 is 11.7 Å². The van der Waals surface area contributed by atoms with Gasteiger partial charge in [0.05, 0.1) is 11.1 Å². The van der Waals surface area contributed by atoms with Crippen molar-refractivity contribution in [3.05, 3.63) is 59.9 Å². The molecule has 0 amide bonds. The second-order valence-electron chi connectivity index (χ2n) is 6.32. The average Bonchev–Trinajstić information content (AvgIpc) is 2.93. The summed E-state index contributed by atoms with van der Waals surface area (Å²) >= 11 is 0. The van der Waals surface area contributed by atoms with Gasteiger partial charge in [0.2, 0.25) is 0 Å². The van der Waals surface area contributed by atoms with E-state index in [0.717, 1.165) is 41.9 Å². The summed E-state index contributed by atoms with van der Waals surface area (Å²) in [5.41, 5.74) is 1.05. The molecule has 0 unspecified atom stereocenters. The normalized spacial score (nSPS) is 12.2. The van der Waals surface area contributed by atoms with Crippen LogP contribution in [-0.2, 0) is 12.6 Å². The van der Waals surface area contributed by atoms with Crippen LogP contribution in [0.3, 0.4) is 0 Å². The van der Waals surface area contributed by atoms with Gasteiger partial charge in [-0.1, -0.05) is 18.2 Å². The van der Waals surface area contributed by atoms with Crippen LogP contribution < -0.4 is 0 Å². The quantitative estimate of drug-likeness (QED) is 0.676. The molecule has 6 heteroatoms. The van der Waals surface area contributed by atoms with Gasteiger partial charge >= 0.3 is 6.18 Å². The molecule has 1 aromatic carbocycles. The van der Waals surface area contributed by atoms with Gasteiger partial charge in [0.15, 0.2) is 0 Å². The third-order valence-corrected chi connectivity index (χ3v) is 4.17. The molecule has 2 aromatic heterocycles. The molecule has 3 nitrogen and oxygen atoms in total. The molecule has 3 rings (SSSR count). The lowest BCUT2D eigenvalue weighted by Crippen LogP contribution is -2.13. The van der Waals surface area contributed by atoms with E-state index in [2.05, 4.69) is 9.88 Å². The fourth-order valence-corrected chi connectivity index (χ4v) is 3.02. The van der Waals surface area contributed by atoms with Crippen molar-refractivity contribution < 1.29 is 13.2 Å². The van der Waals surface area contributed by atoms with Gasteiger partial charge in [0.25, 0.3) is 0 Å². The van der Waals surface area contributed by atoms with Crippen molar-refractivity contribution in [3.8, 4) is 5.82 Å². The third kappa shape index (κ3) is 3.69. The van der Waals surface area contributed by atoms with Crippen LogP contribution >= 0.6 is 0 Å². The highest BCUT2D eigenvalue weighted by Crippen LogP contribution is 2.35. The van der Waals surface area contributed by atoms with E-state index in [1.165, 1.54) is 12.3 Å². The number of fused-ring (bicyclic) bond motifs is 1. The van der Waals surface area contributed by atoms with Crippen LogP contribution in [0, 0.1) is 0 Å². The van der Waals surface area contributed by atoms with Crippen molar-refractivity contribution in [2.24, 2.45) is 0 Å². The first kappa shape index (κ1) is 17.5. The predicted molar refractivity (Wildman–Crippen MR) is 92.9 cm³/mol. The first-order valence-corrected chi connectivity index (χ1v) is 8.14. The summed E-state index contributed by atoms with van der Waals surface area (Å²) in [6.07, 6.45) is 0.484. The topological polar surface area (TPSA) is 21.1 Å². The first-order valence-electron chi connectivity index (χ1n) is 8.14. The van der Waals surface area contributed by atoms with Crippen molar-refractivity contribution in [2.75, 3.05) is 20.6 Å². The molecule has 0 saturated carbocycles. The van der Waals surface area contributed by atoms with Gasteiger partial charge in [-0.2, -0.15) is 13.2 Å². The summed E-state index contributed by atoms with van der Waals surface area (Å²) in [5, 5.41) is 0.972. The van der Waals surface area contributed by atoms with Gasteiger partial charge in [-0.15, -0.1) is 0 Å². The van der Waals surface area contributed by atoms with Gasteiger partial charge in [-0.05, 0) is 57.2 Å². The van der Waals surface area contributed by atoms with E-state index in [0.29, 0.717) is 0 Å². The number of hydrogen-bond acceptors (Lipinski definition) is 2. The minimum absolute atomic E-state index is 0.0786. The van der Waals surface area contributed by atoms with E-state index in [4.69, 9.17) is 0 Å². The number of rotatable bonds is 5. The van der Waals surface area contributed by atoms with E-state index in [-0.39, 0.29) is 5.82 Å². The standard InChI is InChI=1S/C19H20F3N3/c1-24(2)12-6-7-14-13-25(17-10-4-3-8-15(14)17)18-16(19(20,21)22)9-5-11-23-18/h3-5,8-11,13H,6-7,12H2,1-2H3. The molecule has 0 saturated heterocycles. The zero-order valence-corrected chi connectivity index (χ0v) is 14.2. The first-order chi connectivity index (χ1) is 11.9. The minimum Gasteiger partial charge on any atom is -0.309 e. The highest BCUT2D eigenvalue weighted by molar-refractivity contribution is 5.85. The van der Waals surface area contributed by atoms with Crippen LogP contribution in [-0.4, -0.2) is 35.1 Å². The maximum absolute atomic E-state index is 13.4. The molecule has 25 heavy (non-hydrogen) atoms. The van der Waals surface area contributed by atoms with Crippen LogP contribution in [0.2, 0.25) is 0 Å². The fourth-order valence-electron chi connectivity index (χ4n) is 3.02. The molecule has 0 N–H and O–H groups in total. The molecule has 0 aliphatic rings. The van der Waals surface area contributed by atoms with E-state index >= 15 is 0 Å². The summed E-state index contributed by atoms with van der Waals surface area (Å²) in [6, 6.07) is 9.91. The Labute approximate surface area is 144 Å². The maximum atomic E-state index is 13.4. The third-order valence-electron chi connectivity index (χ3n) is 4.17. The Morgan fingerprint density at radius 2 is 1.84 bits per heavy atom. The van der Waals surface area contributed by atoms with Crippen LogP contribution in [0.4, 0.5) is 13.2 Å². The van der Waals surface area contributed by atoms with Crippen molar-refractivity contribution in [1.82, 2.24) is 14.5 Å². The zero-order chi connectivity index (χ0) is 18.0. The Balaban J connectivity index is 2.09. The molecule has 0 bridgehead atoms. The maximum Gasteiger partial charge on any atom is 0.419 e. The van der Waals surface area contributed by atoms with Crippen molar-refractivity contribution in [2.45, 2.75) is 19.0 Å². The van der Waals surface area contributed by atoms with E-state index in [9.17, 15) is 13.2 Å². The second-order valence-corrected chi connectivity index (χ2v) is 6.32. The number of nitrogens with zero attached hydrogens (tertiary/aromatic N) is 3. The van der Waals surface area contributed by atoms with Gasteiger partial charge in [-0.3, -0.25) is 0 Å². The largest absolute Gasteiger partial charge is 0.419 e. The number of hydrogen-bond donors (Lipinski definition) is 0. The number of halogens is 3. The Bertz CT molecular complexity index is 866. The Morgan fingerprint density at radius 1 is 1.08 bits per heavy atom. The number of alkyl halides is 3. The van der Waals surface area contributed by atoms with Gasteiger partial charge < -0.3 is 9.47 Å². The zero-order valence-electron chi connectivity index (χ0n) is 14.2. The molecule has 0 spiro atoms. The molecule has 0 aliphatic heterocycles. The smallest absolute Gasteiger partial charge is 0.309 e. The van der Waals surface area contributed by atoms with Gasteiger partial charge in [0, 0.05) is 17.8 Å². The van der Waals surface area contributed by atoms with Gasteiger partial charge in [0.1, 0.15) is 5.82 Å². The summed E-state index contributed by atoms with van der Waals surface area (Å²) in [4.78, 5) is 6.12. The van der Waals surface area contributed by atoms with E-state index in [1.54, 1.807) is 10.8 Å². The summed E-state index contributed by atoms with van der Waals surface area (Å²) in [5.74, 6) is -0.0786. The van der Waals surface area contributed by atoms with Gasteiger partial charge in [-0.25, -0.2) is 4.98 Å². The molecular weight excluding hydrogens is 327 g/mol. The lowest BCUT2D eigenvalue weighted by molar-refractivity contribution is -0.137. The molecule has 0 atom stereocenters. The molecule has 0 aliphatic carbocycles. The molecule has 132 valence electrons. The lowest BCUT2D eigenvalue weighted by Gasteiger charge is -2.13. The molecule has 2 heterocycles. The van der Waals surface area contributed by atoms with Crippen LogP contribution in [0.1, 0.15) is 17.5 Å². The minimum atomic E-state index is -4.44. The highest BCUT2D eigenvalue weighted by atomic mass is 19.4.